The Bertz CT molecular complexity index is 1210. The summed E-state index contributed by atoms with van der Waals surface area (Å²) in [5, 5.41) is 2.82. The average Bonchev–Trinajstić information content (AvgIpc) is 2.88. The number of hydrogen-bond acceptors (Lipinski definition) is 4. The third kappa shape index (κ3) is 6.04. The van der Waals surface area contributed by atoms with Crippen LogP contribution < -0.4 is 10.1 Å². The first-order chi connectivity index (χ1) is 16.9. The molecular formula is C28H30FN3O3. The summed E-state index contributed by atoms with van der Waals surface area (Å²) < 4.78 is 19.2. The Morgan fingerprint density at radius 3 is 2.60 bits per heavy atom. The van der Waals surface area contributed by atoms with Gasteiger partial charge in [0.15, 0.2) is 0 Å². The van der Waals surface area contributed by atoms with Gasteiger partial charge in [0.25, 0.3) is 5.91 Å². The number of methoxy groups -OCH3 is 1. The van der Waals surface area contributed by atoms with Crippen LogP contribution >= 0.6 is 0 Å². The molecule has 35 heavy (non-hydrogen) atoms. The van der Waals surface area contributed by atoms with E-state index in [1.165, 1.54) is 6.07 Å². The summed E-state index contributed by atoms with van der Waals surface area (Å²) in [4.78, 5) is 32.4. The fraction of sp³-hybridized carbons (Fsp3) is 0.321. The van der Waals surface area contributed by atoms with Crippen molar-refractivity contribution in [1.82, 2.24) is 15.2 Å². The van der Waals surface area contributed by atoms with Crippen molar-refractivity contribution in [3.05, 3.63) is 94.6 Å². The Labute approximate surface area is 205 Å². The van der Waals surface area contributed by atoms with Crippen LogP contribution in [-0.4, -0.2) is 41.9 Å². The molecule has 7 heteroatoms. The van der Waals surface area contributed by atoms with E-state index in [0.717, 1.165) is 35.5 Å². The van der Waals surface area contributed by atoms with E-state index in [0.29, 0.717) is 30.6 Å². The lowest BCUT2D eigenvalue weighted by molar-refractivity contribution is -0.131. The minimum absolute atomic E-state index is 0.0741. The molecule has 4 rings (SSSR count). The molecule has 1 aromatic heterocycles. The Hall–Kier alpha value is -3.74. The first kappa shape index (κ1) is 24.4. The highest BCUT2D eigenvalue weighted by Gasteiger charge is 2.28. The lowest BCUT2D eigenvalue weighted by atomic mass is 9.89. The molecule has 0 aliphatic carbocycles. The first-order valence-electron chi connectivity index (χ1n) is 11.8. The smallest absolute Gasteiger partial charge is 0.253 e. The average molecular weight is 476 g/mol. The van der Waals surface area contributed by atoms with Gasteiger partial charge in [-0.15, -0.1) is 0 Å². The molecule has 0 unspecified atom stereocenters. The second kappa shape index (κ2) is 11.1. The van der Waals surface area contributed by atoms with Gasteiger partial charge in [0.1, 0.15) is 11.6 Å². The number of nitrogens with one attached hydrogen (secondary N) is 1. The summed E-state index contributed by atoms with van der Waals surface area (Å²) in [6, 6.07) is 17.6. The maximum Gasteiger partial charge on any atom is 0.253 e. The highest BCUT2D eigenvalue weighted by Crippen LogP contribution is 2.30. The van der Waals surface area contributed by atoms with E-state index in [-0.39, 0.29) is 30.1 Å². The zero-order valence-electron chi connectivity index (χ0n) is 20.1. The van der Waals surface area contributed by atoms with Crippen LogP contribution in [0.15, 0.2) is 60.7 Å². The van der Waals surface area contributed by atoms with Crippen LogP contribution in [0.25, 0.3) is 0 Å². The van der Waals surface area contributed by atoms with Gasteiger partial charge in [0.2, 0.25) is 5.91 Å². The van der Waals surface area contributed by atoms with Gasteiger partial charge in [-0.1, -0.05) is 30.3 Å². The first-order valence-corrected chi connectivity index (χ1v) is 11.8. The molecule has 1 aliphatic heterocycles. The number of ether oxygens (including phenoxy) is 1. The van der Waals surface area contributed by atoms with Crippen molar-refractivity contribution in [2.24, 2.45) is 0 Å². The molecular weight excluding hydrogens is 445 g/mol. The summed E-state index contributed by atoms with van der Waals surface area (Å²) >= 11 is 0. The molecule has 0 radical (unpaired) electrons. The topological polar surface area (TPSA) is 71.5 Å². The number of piperidine rings is 1. The quantitative estimate of drug-likeness (QED) is 0.549. The van der Waals surface area contributed by atoms with Crippen LogP contribution in [-0.2, 0) is 17.8 Å². The number of carbonyl (C=O) groups excluding carboxylic acids is 2. The van der Waals surface area contributed by atoms with E-state index < -0.39 is 0 Å². The molecule has 3 aromatic rings. The van der Waals surface area contributed by atoms with Gasteiger partial charge in [-0.05, 0) is 55.7 Å². The summed E-state index contributed by atoms with van der Waals surface area (Å²) in [6.45, 7) is 3.23. The number of likely N-dealkylation sites (tertiary alicyclic amines) is 1. The van der Waals surface area contributed by atoms with E-state index >= 15 is 0 Å². The second-order valence-corrected chi connectivity index (χ2v) is 8.84. The van der Waals surface area contributed by atoms with Gasteiger partial charge in [0.05, 0.1) is 24.8 Å². The van der Waals surface area contributed by atoms with Crippen molar-refractivity contribution in [3.8, 4) is 5.75 Å². The van der Waals surface area contributed by atoms with Crippen LogP contribution in [0.2, 0.25) is 0 Å². The number of hydrogen-bond donors (Lipinski definition) is 1. The Morgan fingerprint density at radius 1 is 1.09 bits per heavy atom. The fourth-order valence-corrected chi connectivity index (χ4v) is 4.46. The fourth-order valence-electron chi connectivity index (χ4n) is 4.46. The van der Waals surface area contributed by atoms with Gasteiger partial charge < -0.3 is 15.0 Å². The predicted octanol–water partition coefficient (Wildman–Crippen LogP) is 4.42. The van der Waals surface area contributed by atoms with Crippen molar-refractivity contribution in [2.45, 2.75) is 38.6 Å². The molecule has 2 amide bonds. The van der Waals surface area contributed by atoms with Gasteiger partial charge in [-0.25, -0.2) is 4.39 Å². The van der Waals surface area contributed by atoms with E-state index in [1.54, 1.807) is 31.4 Å². The molecule has 1 saturated heterocycles. The molecule has 1 aliphatic rings. The number of amides is 2. The van der Waals surface area contributed by atoms with Crippen molar-refractivity contribution in [1.29, 1.82) is 0 Å². The molecule has 1 fully saturated rings. The molecule has 0 saturated carbocycles. The molecule has 2 heterocycles. The Kier molecular flexibility index (Phi) is 7.75. The minimum Gasteiger partial charge on any atom is -0.497 e. The molecule has 0 bridgehead atoms. The number of aryl methyl sites for hydroxylation is 1. The maximum absolute atomic E-state index is 13.9. The van der Waals surface area contributed by atoms with Gasteiger partial charge in [0, 0.05) is 36.8 Å². The Balaban J connectivity index is 1.40. The van der Waals surface area contributed by atoms with Crippen molar-refractivity contribution in [3.63, 3.8) is 0 Å². The predicted molar refractivity (Wildman–Crippen MR) is 132 cm³/mol. The van der Waals surface area contributed by atoms with Crippen molar-refractivity contribution < 1.29 is 18.7 Å². The monoisotopic (exact) mass is 475 g/mol. The molecule has 1 N–H and O–H groups in total. The number of benzene rings is 2. The van der Waals surface area contributed by atoms with Gasteiger partial charge >= 0.3 is 0 Å². The van der Waals surface area contributed by atoms with Crippen LogP contribution in [0.4, 0.5) is 4.39 Å². The zero-order valence-corrected chi connectivity index (χ0v) is 20.1. The highest BCUT2D eigenvalue weighted by atomic mass is 19.1. The van der Waals surface area contributed by atoms with Gasteiger partial charge in [-0.2, -0.15) is 0 Å². The molecule has 2 aromatic carbocycles. The summed E-state index contributed by atoms with van der Waals surface area (Å²) in [5.41, 5.74) is 3.45. The highest BCUT2D eigenvalue weighted by molar-refractivity contribution is 5.95. The normalized spacial score (nSPS) is 14.0. The molecule has 0 spiro atoms. The molecule has 182 valence electrons. The summed E-state index contributed by atoms with van der Waals surface area (Å²) in [5.74, 6) is 0.274. The number of rotatable bonds is 7. The largest absolute Gasteiger partial charge is 0.497 e. The number of halogens is 1. The van der Waals surface area contributed by atoms with Crippen LogP contribution in [0, 0.1) is 12.7 Å². The lowest BCUT2D eigenvalue weighted by Crippen LogP contribution is -2.39. The number of pyridine rings is 1. The molecule has 6 nitrogen and oxygen atoms in total. The maximum atomic E-state index is 13.9. The van der Waals surface area contributed by atoms with E-state index in [2.05, 4.69) is 5.32 Å². The number of carbonyl (C=O) groups is 2. The molecule has 0 atom stereocenters. The number of nitrogens with zero attached hydrogens (tertiary/aromatic N) is 2. The lowest BCUT2D eigenvalue weighted by Gasteiger charge is -2.32. The van der Waals surface area contributed by atoms with Crippen molar-refractivity contribution >= 4 is 11.8 Å². The van der Waals surface area contributed by atoms with E-state index in [1.807, 2.05) is 42.2 Å². The van der Waals surface area contributed by atoms with Crippen LogP contribution in [0.1, 0.15) is 51.6 Å². The minimum atomic E-state index is -0.346. The number of aromatic nitrogens is 1. The zero-order chi connectivity index (χ0) is 24.8. The van der Waals surface area contributed by atoms with Gasteiger partial charge in [-0.3, -0.25) is 14.6 Å². The Morgan fingerprint density at radius 2 is 1.86 bits per heavy atom. The third-order valence-electron chi connectivity index (χ3n) is 6.43. The van der Waals surface area contributed by atoms with Crippen LogP contribution in [0.3, 0.4) is 0 Å². The van der Waals surface area contributed by atoms with Crippen LogP contribution in [0.5, 0.6) is 5.75 Å². The summed E-state index contributed by atoms with van der Waals surface area (Å²) in [6.07, 6.45) is 1.79. The standard InChI is InChI=1S/C28H30FN3O3/c1-19-10-11-24(28(34)30-18-22-7-3-4-9-25(22)29)27(31-19)21-12-14-32(15-13-21)26(33)17-20-6-5-8-23(16-20)35-2/h3-11,16,21H,12-15,17-18H2,1-2H3,(H,30,34). The van der Waals surface area contributed by atoms with E-state index in [4.69, 9.17) is 9.72 Å². The second-order valence-electron chi connectivity index (χ2n) is 8.84. The SMILES string of the molecule is COc1cccc(CC(=O)N2CCC(c3nc(C)ccc3C(=O)NCc3ccccc3F)CC2)c1. The van der Waals surface area contributed by atoms with Crippen molar-refractivity contribution in [2.75, 3.05) is 20.2 Å². The summed E-state index contributed by atoms with van der Waals surface area (Å²) in [7, 11) is 1.61. The van der Waals surface area contributed by atoms with E-state index in [9.17, 15) is 14.0 Å². The third-order valence-corrected chi connectivity index (χ3v) is 6.43.